The minimum atomic E-state index is -1.23. The fourth-order valence-electron chi connectivity index (χ4n) is 0.449. The van der Waals surface area contributed by atoms with Crippen LogP contribution in [0, 0.1) is 5.82 Å². The SMILES string of the molecule is C[S@@](=O)c1ncc(F)cn1. The summed E-state index contributed by atoms with van der Waals surface area (Å²) in [6.45, 7) is 0. The molecule has 0 aliphatic carbocycles. The van der Waals surface area contributed by atoms with Gasteiger partial charge in [0, 0.05) is 6.26 Å². The lowest BCUT2D eigenvalue weighted by atomic mass is 10.7. The maximum absolute atomic E-state index is 12.1. The van der Waals surface area contributed by atoms with Gasteiger partial charge >= 0.3 is 0 Å². The topological polar surface area (TPSA) is 42.9 Å². The van der Waals surface area contributed by atoms with Gasteiger partial charge in [-0.05, 0) is 0 Å². The zero-order chi connectivity index (χ0) is 7.56. The maximum Gasteiger partial charge on any atom is 0.218 e. The summed E-state index contributed by atoms with van der Waals surface area (Å²) < 4.78 is 22.7. The second-order valence-electron chi connectivity index (χ2n) is 1.64. The predicted molar refractivity (Wildman–Crippen MR) is 34.3 cm³/mol. The van der Waals surface area contributed by atoms with E-state index in [1.807, 2.05) is 0 Å². The summed E-state index contributed by atoms with van der Waals surface area (Å²) in [5.74, 6) is -0.519. The first kappa shape index (κ1) is 7.27. The predicted octanol–water partition coefficient (Wildman–Crippen LogP) is 0.353. The third-order valence-corrected chi connectivity index (χ3v) is 1.58. The first-order valence-corrected chi connectivity index (χ1v) is 4.07. The van der Waals surface area contributed by atoms with E-state index in [-0.39, 0.29) is 5.16 Å². The highest BCUT2D eigenvalue weighted by atomic mass is 32.2. The smallest absolute Gasteiger partial charge is 0.218 e. The van der Waals surface area contributed by atoms with E-state index in [9.17, 15) is 8.60 Å². The summed E-state index contributed by atoms with van der Waals surface area (Å²) in [4.78, 5) is 6.98. The van der Waals surface area contributed by atoms with Crippen LogP contribution >= 0.6 is 0 Å². The molecular weight excluding hydrogens is 155 g/mol. The Morgan fingerprint density at radius 1 is 1.50 bits per heavy atom. The molecule has 0 aromatic carbocycles. The van der Waals surface area contributed by atoms with Crippen molar-refractivity contribution in [1.82, 2.24) is 9.97 Å². The van der Waals surface area contributed by atoms with Crippen molar-refractivity contribution in [3.05, 3.63) is 18.2 Å². The molecular formula is C5H5FN2OS. The van der Waals surface area contributed by atoms with Gasteiger partial charge < -0.3 is 0 Å². The molecule has 0 aliphatic rings. The van der Waals surface area contributed by atoms with E-state index in [0.29, 0.717) is 0 Å². The zero-order valence-electron chi connectivity index (χ0n) is 5.24. The van der Waals surface area contributed by atoms with Gasteiger partial charge in [-0.3, -0.25) is 4.21 Å². The van der Waals surface area contributed by atoms with Gasteiger partial charge in [0.25, 0.3) is 0 Å². The summed E-state index contributed by atoms with van der Waals surface area (Å²) in [7, 11) is -1.23. The van der Waals surface area contributed by atoms with Crippen molar-refractivity contribution >= 4 is 10.8 Å². The Balaban J connectivity index is 3.00. The molecule has 1 rings (SSSR count). The molecule has 0 bridgehead atoms. The Labute approximate surface area is 59.8 Å². The summed E-state index contributed by atoms with van der Waals surface area (Å²) in [6, 6.07) is 0. The molecule has 0 amide bonds. The monoisotopic (exact) mass is 160 g/mol. The molecule has 5 heteroatoms. The Morgan fingerprint density at radius 2 is 2.00 bits per heavy atom. The van der Waals surface area contributed by atoms with E-state index in [0.717, 1.165) is 12.4 Å². The van der Waals surface area contributed by atoms with Crippen molar-refractivity contribution in [3.63, 3.8) is 0 Å². The van der Waals surface area contributed by atoms with E-state index in [2.05, 4.69) is 9.97 Å². The maximum atomic E-state index is 12.1. The second-order valence-corrected chi connectivity index (χ2v) is 2.91. The summed E-state index contributed by atoms with van der Waals surface area (Å²) in [6.07, 6.45) is 3.42. The van der Waals surface area contributed by atoms with Crippen molar-refractivity contribution in [2.24, 2.45) is 0 Å². The molecule has 0 saturated heterocycles. The lowest BCUT2D eigenvalue weighted by molar-refractivity contribution is 0.603. The molecule has 0 unspecified atom stereocenters. The van der Waals surface area contributed by atoms with Crippen LogP contribution in [0.3, 0.4) is 0 Å². The normalized spacial score (nSPS) is 13.0. The van der Waals surface area contributed by atoms with Crippen LogP contribution in [-0.4, -0.2) is 20.4 Å². The van der Waals surface area contributed by atoms with Crippen LogP contribution in [0.2, 0.25) is 0 Å². The van der Waals surface area contributed by atoms with Crippen LogP contribution < -0.4 is 0 Å². The highest BCUT2D eigenvalue weighted by Crippen LogP contribution is 1.95. The second kappa shape index (κ2) is 2.83. The third kappa shape index (κ3) is 1.57. The first-order valence-electron chi connectivity index (χ1n) is 2.51. The molecule has 1 heterocycles. The molecule has 0 radical (unpaired) electrons. The summed E-state index contributed by atoms with van der Waals surface area (Å²) in [5.41, 5.74) is 0. The molecule has 0 saturated carbocycles. The van der Waals surface area contributed by atoms with Gasteiger partial charge in [0.05, 0.1) is 23.2 Å². The third-order valence-electron chi connectivity index (χ3n) is 0.854. The fraction of sp³-hybridized carbons (Fsp3) is 0.200. The quantitative estimate of drug-likeness (QED) is 0.557. The molecule has 1 atom stereocenters. The Bertz CT molecular complexity index is 248. The van der Waals surface area contributed by atoms with Gasteiger partial charge in [-0.25, -0.2) is 14.4 Å². The number of nitrogens with zero attached hydrogens (tertiary/aromatic N) is 2. The van der Waals surface area contributed by atoms with Crippen molar-refractivity contribution in [2.75, 3.05) is 6.26 Å². The highest BCUT2D eigenvalue weighted by molar-refractivity contribution is 7.84. The summed E-state index contributed by atoms with van der Waals surface area (Å²) in [5, 5.41) is 0.154. The molecule has 10 heavy (non-hydrogen) atoms. The molecule has 1 aromatic rings. The Hall–Kier alpha value is -0.840. The van der Waals surface area contributed by atoms with Crippen LogP contribution in [0.1, 0.15) is 0 Å². The first-order chi connectivity index (χ1) is 4.70. The molecule has 54 valence electrons. The van der Waals surface area contributed by atoms with Gasteiger partial charge in [-0.2, -0.15) is 0 Å². The number of halogens is 1. The van der Waals surface area contributed by atoms with Crippen LogP contribution in [0.4, 0.5) is 4.39 Å². The van der Waals surface area contributed by atoms with E-state index < -0.39 is 16.6 Å². The number of rotatable bonds is 1. The van der Waals surface area contributed by atoms with Crippen LogP contribution in [0.25, 0.3) is 0 Å². The number of aromatic nitrogens is 2. The van der Waals surface area contributed by atoms with Gasteiger partial charge in [-0.15, -0.1) is 0 Å². The standard InChI is InChI=1S/C5H5FN2OS/c1-10(9)5-7-2-4(6)3-8-5/h2-3H,1H3/t10-/m1/s1. The highest BCUT2D eigenvalue weighted by Gasteiger charge is 1.98. The lowest BCUT2D eigenvalue weighted by Gasteiger charge is -1.90. The number of hydrogen-bond acceptors (Lipinski definition) is 3. The largest absolute Gasteiger partial charge is 0.251 e. The van der Waals surface area contributed by atoms with Crippen molar-refractivity contribution in [1.29, 1.82) is 0 Å². The number of hydrogen-bond donors (Lipinski definition) is 0. The molecule has 0 spiro atoms. The molecule has 0 N–H and O–H groups in total. The molecule has 0 fully saturated rings. The van der Waals surface area contributed by atoms with Crippen molar-refractivity contribution in [3.8, 4) is 0 Å². The summed E-state index contributed by atoms with van der Waals surface area (Å²) >= 11 is 0. The Morgan fingerprint density at radius 3 is 2.40 bits per heavy atom. The average Bonchev–Trinajstić information content (AvgIpc) is 1.88. The van der Waals surface area contributed by atoms with Crippen molar-refractivity contribution < 1.29 is 8.60 Å². The van der Waals surface area contributed by atoms with Crippen LogP contribution in [0.5, 0.6) is 0 Å². The van der Waals surface area contributed by atoms with Crippen LogP contribution in [-0.2, 0) is 10.8 Å². The molecule has 3 nitrogen and oxygen atoms in total. The average molecular weight is 160 g/mol. The van der Waals surface area contributed by atoms with E-state index in [1.165, 1.54) is 6.26 Å². The fourth-order valence-corrected chi connectivity index (χ4v) is 0.851. The lowest BCUT2D eigenvalue weighted by Crippen LogP contribution is -1.95. The molecule has 1 aromatic heterocycles. The van der Waals surface area contributed by atoms with E-state index in [1.54, 1.807) is 0 Å². The molecule has 0 aliphatic heterocycles. The Kier molecular flexibility index (Phi) is 2.06. The minimum absolute atomic E-state index is 0.154. The van der Waals surface area contributed by atoms with E-state index >= 15 is 0 Å². The minimum Gasteiger partial charge on any atom is -0.251 e. The van der Waals surface area contributed by atoms with Gasteiger partial charge in [-0.1, -0.05) is 0 Å². The van der Waals surface area contributed by atoms with Gasteiger partial charge in [0.2, 0.25) is 5.16 Å². The zero-order valence-corrected chi connectivity index (χ0v) is 6.06. The van der Waals surface area contributed by atoms with Gasteiger partial charge in [0.1, 0.15) is 0 Å². The van der Waals surface area contributed by atoms with E-state index in [4.69, 9.17) is 0 Å². The van der Waals surface area contributed by atoms with Crippen molar-refractivity contribution in [2.45, 2.75) is 5.16 Å². The van der Waals surface area contributed by atoms with Crippen LogP contribution in [0.15, 0.2) is 17.6 Å². The van der Waals surface area contributed by atoms with Gasteiger partial charge in [0.15, 0.2) is 5.82 Å².